The molecule has 0 aromatic rings. The second kappa shape index (κ2) is 33.5. The van der Waals surface area contributed by atoms with Crippen LogP contribution in [0.15, 0.2) is 0 Å². The molecule has 0 amide bonds. The van der Waals surface area contributed by atoms with Crippen molar-refractivity contribution in [1.82, 2.24) is 0 Å². The maximum absolute atomic E-state index is 9.87. The molecule has 0 bridgehead atoms. The van der Waals surface area contributed by atoms with Crippen molar-refractivity contribution in [2.24, 2.45) is 0 Å². The molecule has 0 heterocycles. The molecule has 0 aliphatic rings. The van der Waals surface area contributed by atoms with Gasteiger partial charge in [0.25, 0.3) is 0 Å². The lowest BCUT2D eigenvalue weighted by Crippen LogP contribution is -2.00. The second-order valence-corrected chi connectivity index (χ2v) is 7.23. The Labute approximate surface area is 198 Å². The molecule has 2 radical (unpaired) electrons. The number of rotatable bonds is 6. The third-order valence-corrected chi connectivity index (χ3v) is 1.20. The number of Topliss-reactive ketones (excluding diaryl/α,β-unsaturated/α-hetero) is 3. The fourth-order valence-corrected chi connectivity index (χ4v) is 0.639. The molecule has 0 unspecified atom stereocenters. The topological polar surface area (TPSA) is 204 Å². The number of aliphatic carboxylic acids is 3. The van der Waals surface area contributed by atoms with Gasteiger partial charge in [0.15, 0.2) is 0 Å². The van der Waals surface area contributed by atoms with Crippen molar-refractivity contribution in [3.8, 4) is 0 Å². The van der Waals surface area contributed by atoms with Gasteiger partial charge in [-0.1, -0.05) is 6.92 Å². The predicted molar refractivity (Wildman–Crippen MR) is 120 cm³/mol. The lowest BCUT2D eigenvalue weighted by atomic mass is 10.3. The van der Waals surface area contributed by atoms with Crippen LogP contribution in [0.1, 0.15) is 74.7 Å². The molecule has 0 saturated carbocycles. The number of carboxylic acid groups (broad SMARTS) is 3. The zero-order chi connectivity index (χ0) is 27.4. The summed E-state index contributed by atoms with van der Waals surface area (Å²) in [7, 11) is 0. The minimum atomic E-state index is -1.06. The van der Waals surface area contributed by atoms with Crippen LogP contribution in [0.5, 0.6) is 0 Å². The van der Waals surface area contributed by atoms with E-state index in [4.69, 9.17) is 25.5 Å². The SMILES string of the molecule is CC(=O)CC(=O)O.CC(=O)CC(=O)O.CC(=O)CC(=O)O.CC(C)O.CC(C)O.C[CH2][Al]. The summed E-state index contributed by atoms with van der Waals surface area (Å²) in [5.41, 5.74) is 0. The van der Waals surface area contributed by atoms with Crippen LogP contribution < -0.4 is 0 Å². The van der Waals surface area contributed by atoms with E-state index >= 15 is 0 Å². The number of carbonyl (C=O) groups is 6. The van der Waals surface area contributed by atoms with Crippen molar-refractivity contribution >= 4 is 51.5 Å². The van der Waals surface area contributed by atoms with Crippen LogP contribution in [-0.2, 0) is 28.8 Å². The number of aliphatic hydroxyl groups excluding tert-OH is 2. The van der Waals surface area contributed by atoms with Crippen LogP contribution in [0.25, 0.3) is 0 Å². The van der Waals surface area contributed by atoms with Gasteiger partial charge in [-0.3, -0.25) is 28.8 Å². The zero-order valence-electron chi connectivity index (χ0n) is 20.2. The van der Waals surface area contributed by atoms with Gasteiger partial charge in [-0.05, 0) is 48.5 Å². The Morgan fingerprint density at radius 1 is 0.594 bits per heavy atom. The minimum absolute atomic E-state index is 0.167. The van der Waals surface area contributed by atoms with E-state index in [1.54, 1.807) is 27.7 Å². The molecule has 0 atom stereocenters. The van der Waals surface area contributed by atoms with E-state index < -0.39 is 17.9 Å². The van der Waals surface area contributed by atoms with E-state index in [0.717, 1.165) is 0 Å². The number of hydrogen-bond acceptors (Lipinski definition) is 8. The maximum Gasteiger partial charge on any atom is 0.310 e. The van der Waals surface area contributed by atoms with Crippen molar-refractivity contribution in [2.45, 2.75) is 92.1 Å². The summed E-state index contributed by atoms with van der Waals surface area (Å²) in [4.78, 5) is 58.4. The first-order valence-corrected chi connectivity index (χ1v) is 10.3. The van der Waals surface area contributed by atoms with Crippen LogP contribution in [0.3, 0.4) is 0 Å². The fourth-order valence-electron chi connectivity index (χ4n) is 0.639. The molecular weight excluding hydrogens is 443 g/mol. The van der Waals surface area contributed by atoms with Crippen LogP contribution in [0.2, 0.25) is 5.28 Å². The zero-order valence-corrected chi connectivity index (χ0v) is 21.4. The summed E-state index contributed by atoms with van der Waals surface area (Å²) < 4.78 is 0. The molecule has 0 spiro atoms. The van der Waals surface area contributed by atoms with E-state index in [1.807, 2.05) is 0 Å². The average Bonchev–Trinajstić information content (AvgIpc) is 2.42. The predicted octanol–water partition coefficient (Wildman–Crippen LogP) is 1.52. The van der Waals surface area contributed by atoms with Crippen LogP contribution in [-0.4, -0.2) is 89.3 Å². The second-order valence-electron chi connectivity index (χ2n) is 6.41. The molecule has 0 fully saturated rings. The first kappa shape index (κ1) is 43.7. The van der Waals surface area contributed by atoms with Gasteiger partial charge in [-0.2, -0.15) is 0 Å². The maximum atomic E-state index is 9.87. The molecule has 0 saturated heterocycles. The van der Waals surface area contributed by atoms with E-state index in [9.17, 15) is 28.8 Å². The van der Waals surface area contributed by atoms with Crippen LogP contribution in [0.4, 0.5) is 0 Å². The molecule has 0 aromatic carbocycles. The van der Waals surface area contributed by atoms with Gasteiger partial charge < -0.3 is 25.5 Å². The van der Waals surface area contributed by atoms with Gasteiger partial charge >= 0.3 is 17.9 Å². The van der Waals surface area contributed by atoms with Crippen molar-refractivity contribution in [3.05, 3.63) is 0 Å². The summed E-state index contributed by atoms with van der Waals surface area (Å²) in [6.07, 6.45) is -1.42. The number of ketones is 3. The fraction of sp³-hybridized carbons (Fsp3) is 0.700. The molecule has 0 aliphatic heterocycles. The minimum Gasteiger partial charge on any atom is -0.481 e. The Balaban J connectivity index is -0.0000000652. The van der Waals surface area contributed by atoms with E-state index in [1.165, 1.54) is 26.1 Å². The van der Waals surface area contributed by atoms with Gasteiger partial charge in [0.05, 0.1) is 0 Å². The summed E-state index contributed by atoms with van der Waals surface area (Å²) >= 11 is 2.58. The highest BCUT2D eigenvalue weighted by Gasteiger charge is 1.99. The smallest absolute Gasteiger partial charge is 0.310 e. The summed E-state index contributed by atoms with van der Waals surface area (Å²) in [5.74, 6) is -4.12. The number of aliphatic hydroxyl groups is 2. The van der Waals surface area contributed by atoms with Gasteiger partial charge in [0.2, 0.25) is 0 Å². The number of carboxylic acids is 3. The first-order valence-electron chi connectivity index (χ1n) is 9.46. The molecule has 0 aromatic heterocycles. The molecule has 12 heteroatoms. The number of hydrogen-bond donors (Lipinski definition) is 5. The summed E-state index contributed by atoms with van der Waals surface area (Å²) in [6.45, 7) is 12.7. The average molecular weight is 483 g/mol. The van der Waals surface area contributed by atoms with E-state index in [-0.39, 0.29) is 48.8 Å². The highest BCUT2D eigenvalue weighted by molar-refractivity contribution is 6.08. The third-order valence-electron chi connectivity index (χ3n) is 1.20. The van der Waals surface area contributed by atoms with Gasteiger partial charge in [0, 0.05) is 12.2 Å². The van der Waals surface area contributed by atoms with Crippen LogP contribution in [0, 0.1) is 0 Å². The molecule has 0 aliphatic carbocycles. The molecule has 5 N–H and O–H groups in total. The molecule has 11 nitrogen and oxygen atoms in total. The Morgan fingerprint density at radius 3 is 0.688 bits per heavy atom. The van der Waals surface area contributed by atoms with Crippen molar-refractivity contribution in [3.63, 3.8) is 0 Å². The summed E-state index contributed by atoms with van der Waals surface area (Å²) in [5, 5.41) is 40.9. The van der Waals surface area contributed by atoms with Crippen molar-refractivity contribution in [2.75, 3.05) is 0 Å². The molecular formula is C20H39AlO11. The van der Waals surface area contributed by atoms with Gasteiger partial charge in [-0.25, -0.2) is 0 Å². The third kappa shape index (κ3) is 207. The monoisotopic (exact) mass is 482 g/mol. The van der Waals surface area contributed by atoms with E-state index in [0.29, 0.717) is 0 Å². The Hall–Kier alpha value is -2.13. The van der Waals surface area contributed by atoms with Gasteiger partial charge in [-0.15, -0.1) is 5.28 Å². The van der Waals surface area contributed by atoms with Crippen molar-refractivity contribution < 1.29 is 54.3 Å². The Morgan fingerprint density at radius 2 is 0.688 bits per heavy atom. The lowest BCUT2D eigenvalue weighted by molar-refractivity contribution is -0.141. The Kier molecular flexibility index (Phi) is 45.8. The van der Waals surface area contributed by atoms with Crippen molar-refractivity contribution in [1.29, 1.82) is 0 Å². The number of carbonyl (C=O) groups excluding carboxylic acids is 3. The summed E-state index contributed by atoms with van der Waals surface area (Å²) in [6, 6.07) is 0. The standard InChI is InChI=1S/3C4H6O3.2C3H8O.C2H5.Al/c3*1-3(5)2-4(6)7;2*1-3(2)4;1-2;/h3*2H2,1H3,(H,6,7);2*3-4H,1-2H3;1H2,2H3;. The van der Waals surface area contributed by atoms with Crippen LogP contribution >= 0.6 is 0 Å². The highest BCUT2D eigenvalue weighted by atomic mass is 27.0. The van der Waals surface area contributed by atoms with Gasteiger partial charge in [0.1, 0.15) is 52.9 Å². The Bertz CT molecular complexity index is 406. The highest BCUT2D eigenvalue weighted by Crippen LogP contribution is 1.78. The first-order chi connectivity index (χ1) is 14.3. The lowest BCUT2D eigenvalue weighted by Gasteiger charge is -1.80. The molecule has 0 rings (SSSR count). The normalized spacial score (nSPS) is 8.12. The van der Waals surface area contributed by atoms with E-state index in [2.05, 4.69) is 23.2 Å². The molecule has 32 heavy (non-hydrogen) atoms. The largest absolute Gasteiger partial charge is 0.481 e. The molecule has 188 valence electrons. The quantitative estimate of drug-likeness (QED) is 0.271.